The SMILES string of the molecule is CCCCn1nccc1[C@@H](Cc1ccc(Cl)cc1)[C@@H](CC(=O)NO)OC. The van der Waals surface area contributed by atoms with Gasteiger partial charge in [-0.25, -0.2) is 5.48 Å². The highest BCUT2D eigenvalue weighted by Gasteiger charge is 2.28. The van der Waals surface area contributed by atoms with Gasteiger partial charge in [-0.05, 0) is 36.6 Å². The van der Waals surface area contributed by atoms with Crippen molar-refractivity contribution >= 4 is 17.5 Å². The van der Waals surface area contributed by atoms with E-state index in [0.29, 0.717) is 11.4 Å². The summed E-state index contributed by atoms with van der Waals surface area (Å²) in [5.74, 6) is -0.560. The summed E-state index contributed by atoms with van der Waals surface area (Å²) >= 11 is 5.99. The second-order valence-corrected chi connectivity index (χ2v) is 6.72. The van der Waals surface area contributed by atoms with E-state index in [1.807, 2.05) is 35.0 Å². The van der Waals surface area contributed by atoms with E-state index >= 15 is 0 Å². The molecule has 6 nitrogen and oxygen atoms in total. The quantitative estimate of drug-likeness (QED) is 0.488. The van der Waals surface area contributed by atoms with Crippen molar-refractivity contribution in [2.75, 3.05) is 7.11 Å². The van der Waals surface area contributed by atoms with E-state index in [0.717, 1.165) is 30.6 Å². The third-order valence-electron chi connectivity index (χ3n) is 4.48. The van der Waals surface area contributed by atoms with Crippen molar-refractivity contribution in [3.8, 4) is 0 Å². The van der Waals surface area contributed by atoms with Crippen molar-refractivity contribution in [1.82, 2.24) is 15.3 Å². The van der Waals surface area contributed by atoms with Gasteiger partial charge in [0.05, 0.1) is 12.5 Å². The molecule has 0 radical (unpaired) electrons. The van der Waals surface area contributed by atoms with Crippen LogP contribution in [0.2, 0.25) is 5.02 Å². The van der Waals surface area contributed by atoms with Gasteiger partial charge in [-0.2, -0.15) is 5.10 Å². The number of nitrogens with one attached hydrogen (secondary N) is 1. The molecule has 2 aromatic rings. The number of methoxy groups -OCH3 is 1. The molecule has 0 saturated carbocycles. The first-order valence-electron chi connectivity index (χ1n) is 8.80. The predicted octanol–water partition coefficient (Wildman–Crippen LogP) is 3.57. The van der Waals surface area contributed by atoms with Crippen molar-refractivity contribution in [3.05, 3.63) is 52.8 Å². The Bertz CT molecular complexity index is 688. The Balaban J connectivity index is 2.32. The average molecular weight is 380 g/mol. The number of aryl methyl sites for hydroxylation is 1. The van der Waals surface area contributed by atoms with Gasteiger partial charge in [0.15, 0.2) is 0 Å². The van der Waals surface area contributed by atoms with Gasteiger partial charge >= 0.3 is 0 Å². The molecule has 0 bridgehead atoms. The first kappa shape index (κ1) is 20.4. The molecule has 142 valence electrons. The van der Waals surface area contributed by atoms with Crippen LogP contribution in [-0.4, -0.2) is 34.1 Å². The van der Waals surface area contributed by atoms with Crippen LogP contribution in [0.4, 0.5) is 0 Å². The smallest absolute Gasteiger partial charge is 0.245 e. The van der Waals surface area contributed by atoms with Crippen LogP contribution >= 0.6 is 11.6 Å². The molecular weight excluding hydrogens is 354 g/mol. The summed E-state index contributed by atoms with van der Waals surface area (Å²) in [4.78, 5) is 11.7. The van der Waals surface area contributed by atoms with Gasteiger partial charge in [-0.3, -0.25) is 14.7 Å². The molecule has 2 atom stereocenters. The first-order valence-corrected chi connectivity index (χ1v) is 9.18. The number of hydrogen-bond donors (Lipinski definition) is 2. The lowest BCUT2D eigenvalue weighted by Gasteiger charge is -2.26. The molecule has 2 rings (SSSR count). The molecule has 0 saturated heterocycles. The summed E-state index contributed by atoms with van der Waals surface area (Å²) in [5.41, 5.74) is 3.80. The number of nitrogens with zero attached hydrogens (tertiary/aromatic N) is 2. The minimum absolute atomic E-state index is 0.0597. The second-order valence-electron chi connectivity index (χ2n) is 6.28. The van der Waals surface area contributed by atoms with Crippen LogP contribution in [0.3, 0.4) is 0 Å². The summed E-state index contributed by atoms with van der Waals surface area (Å²) in [6.07, 6.45) is 4.21. The summed E-state index contributed by atoms with van der Waals surface area (Å²) in [6.45, 7) is 2.95. The molecule has 0 aliphatic rings. The van der Waals surface area contributed by atoms with Crippen LogP contribution in [-0.2, 0) is 22.5 Å². The lowest BCUT2D eigenvalue weighted by atomic mass is 9.89. The Hall–Kier alpha value is -1.89. The standard InChI is InChI=1S/C19H26ClN3O3/c1-3-4-11-23-17(9-10-21-23)16(18(26-2)13-19(24)22-25)12-14-5-7-15(20)8-6-14/h5-10,16,18,25H,3-4,11-13H2,1-2H3,(H,22,24)/t16-,18-/m1/s1. The number of ether oxygens (including phenoxy) is 1. The normalized spacial score (nSPS) is 13.4. The van der Waals surface area contributed by atoms with E-state index in [4.69, 9.17) is 21.5 Å². The monoisotopic (exact) mass is 379 g/mol. The Morgan fingerprint density at radius 2 is 2.08 bits per heavy atom. The summed E-state index contributed by atoms with van der Waals surface area (Å²) < 4.78 is 7.60. The van der Waals surface area contributed by atoms with E-state index in [-0.39, 0.29) is 12.3 Å². The number of aromatic nitrogens is 2. The number of carbonyl (C=O) groups is 1. The number of amides is 1. The molecule has 0 fully saturated rings. The second kappa shape index (κ2) is 10.3. The number of halogens is 1. The Morgan fingerprint density at radius 1 is 1.35 bits per heavy atom. The third kappa shape index (κ3) is 5.56. The Labute approximate surface area is 159 Å². The van der Waals surface area contributed by atoms with Gasteiger partial charge in [-0.15, -0.1) is 0 Å². The fourth-order valence-corrected chi connectivity index (χ4v) is 3.20. The maximum atomic E-state index is 11.7. The molecule has 0 unspecified atom stereocenters. The Morgan fingerprint density at radius 3 is 2.69 bits per heavy atom. The van der Waals surface area contributed by atoms with Gasteiger partial charge in [0.25, 0.3) is 0 Å². The molecule has 1 aromatic heterocycles. The molecule has 1 aromatic carbocycles. The van der Waals surface area contributed by atoms with Crippen molar-refractivity contribution in [2.45, 2.75) is 51.2 Å². The topological polar surface area (TPSA) is 76.4 Å². The fourth-order valence-electron chi connectivity index (χ4n) is 3.07. The molecule has 0 aliphatic carbocycles. The largest absolute Gasteiger partial charge is 0.380 e. The summed E-state index contributed by atoms with van der Waals surface area (Å²) in [6, 6.07) is 9.62. The highest BCUT2D eigenvalue weighted by atomic mass is 35.5. The number of benzene rings is 1. The van der Waals surface area contributed by atoms with E-state index in [2.05, 4.69) is 12.0 Å². The van der Waals surface area contributed by atoms with Crippen LogP contribution in [0, 0.1) is 0 Å². The zero-order valence-corrected chi connectivity index (χ0v) is 15.9. The van der Waals surface area contributed by atoms with Gasteiger partial charge in [-0.1, -0.05) is 37.1 Å². The molecule has 26 heavy (non-hydrogen) atoms. The molecular formula is C19H26ClN3O3. The van der Waals surface area contributed by atoms with Crippen molar-refractivity contribution in [2.24, 2.45) is 0 Å². The minimum atomic E-state index is -0.474. The zero-order chi connectivity index (χ0) is 18.9. The van der Waals surface area contributed by atoms with Gasteiger partial charge in [0.1, 0.15) is 0 Å². The molecule has 0 spiro atoms. The Kier molecular flexibility index (Phi) is 8.09. The fraction of sp³-hybridized carbons (Fsp3) is 0.474. The molecule has 1 amide bonds. The van der Waals surface area contributed by atoms with E-state index < -0.39 is 12.0 Å². The van der Waals surface area contributed by atoms with Gasteiger partial charge in [0, 0.05) is 36.5 Å². The van der Waals surface area contributed by atoms with Crippen molar-refractivity contribution in [3.63, 3.8) is 0 Å². The molecule has 1 heterocycles. The first-order chi connectivity index (χ1) is 12.6. The highest BCUT2D eigenvalue weighted by molar-refractivity contribution is 6.30. The number of unbranched alkanes of at least 4 members (excludes halogenated alkanes) is 1. The lowest BCUT2D eigenvalue weighted by molar-refractivity contribution is -0.132. The molecule has 0 aliphatic heterocycles. The van der Waals surface area contributed by atoms with Crippen LogP contribution in [0.25, 0.3) is 0 Å². The molecule has 2 N–H and O–H groups in total. The van der Waals surface area contributed by atoms with Gasteiger partial charge in [0.2, 0.25) is 5.91 Å². The van der Waals surface area contributed by atoms with Crippen molar-refractivity contribution < 1.29 is 14.7 Å². The van der Waals surface area contributed by atoms with Crippen LogP contribution in [0.15, 0.2) is 36.5 Å². The summed E-state index contributed by atoms with van der Waals surface area (Å²) in [5, 5.41) is 14.0. The van der Waals surface area contributed by atoms with Crippen LogP contribution in [0.1, 0.15) is 43.4 Å². The number of rotatable bonds is 10. The maximum Gasteiger partial charge on any atom is 0.245 e. The van der Waals surface area contributed by atoms with E-state index in [9.17, 15) is 4.79 Å². The van der Waals surface area contributed by atoms with E-state index in [1.54, 1.807) is 18.8 Å². The number of carbonyl (C=O) groups excluding carboxylic acids is 1. The van der Waals surface area contributed by atoms with E-state index in [1.165, 1.54) is 0 Å². The summed E-state index contributed by atoms with van der Waals surface area (Å²) in [7, 11) is 1.58. The number of hydrogen-bond acceptors (Lipinski definition) is 4. The molecule has 7 heteroatoms. The maximum absolute atomic E-state index is 11.7. The van der Waals surface area contributed by atoms with Crippen LogP contribution in [0.5, 0.6) is 0 Å². The minimum Gasteiger partial charge on any atom is -0.380 e. The van der Waals surface area contributed by atoms with Gasteiger partial charge < -0.3 is 4.74 Å². The highest BCUT2D eigenvalue weighted by Crippen LogP contribution is 2.29. The lowest BCUT2D eigenvalue weighted by Crippen LogP contribution is -2.32. The van der Waals surface area contributed by atoms with Crippen LogP contribution < -0.4 is 5.48 Å². The third-order valence-corrected chi connectivity index (χ3v) is 4.74. The average Bonchev–Trinajstić information content (AvgIpc) is 3.12. The van der Waals surface area contributed by atoms with Crippen molar-refractivity contribution in [1.29, 1.82) is 0 Å². The number of hydroxylamine groups is 1. The zero-order valence-electron chi connectivity index (χ0n) is 15.2. The predicted molar refractivity (Wildman–Crippen MR) is 100 cm³/mol.